The third-order valence-electron chi connectivity index (χ3n) is 6.50. The van der Waals surface area contributed by atoms with Gasteiger partial charge >= 0.3 is 6.36 Å². The molecule has 0 bridgehead atoms. The zero-order valence-electron chi connectivity index (χ0n) is 21.1. The van der Waals surface area contributed by atoms with E-state index in [0.29, 0.717) is 40.3 Å². The summed E-state index contributed by atoms with van der Waals surface area (Å²) in [5, 5.41) is 7.08. The maximum atomic E-state index is 12.9. The molecular formula is C27H24F3N7O3. The smallest absolute Gasteiger partial charge is 0.475 e. The van der Waals surface area contributed by atoms with Crippen molar-refractivity contribution in [3.05, 3.63) is 66.5 Å². The second-order valence-electron chi connectivity index (χ2n) is 9.34. The van der Waals surface area contributed by atoms with Crippen molar-refractivity contribution in [2.45, 2.75) is 19.2 Å². The number of aromatic nitrogens is 5. The minimum Gasteiger partial charge on any atom is -0.475 e. The lowest BCUT2D eigenvalue weighted by molar-refractivity contribution is -0.274. The monoisotopic (exact) mass is 551 g/mol. The number of carbonyl (C=O) groups is 1. The number of benzene rings is 2. The van der Waals surface area contributed by atoms with Gasteiger partial charge in [-0.1, -0.05) is 18.2 Å². The number of H-pyrrole nitrogens is 1. The van der Waals surface area contributed by atoms with E-state index in [0.717, 1.165) is 19.6 Å². The number of anilines is 1. The fourth-order valence-electron chi connectivity index (χ4n) is 4.63. The highest BCUT2D eigenvalue weighted by atomic mass is 19.4. The van der Waals surface area contributed by atoms with Gasteiger partial charge in [-0.2, -0.15) is 0 Å². The maximum Gasteiger partial charge on any atom is 0.573 e. The number of aromatic amines is 1. The van der Waals surface area contributed by atoms with Crippen LogP contribution in [0.25, 0.3) is 27.8 Å². The number of amides is 1. The van der Waals surface area contributed by atoms with Crippen molar-refractivity contribution >= 4 is 28.5 Å². The van der Waals surface area contributed by atoms with E-state index in [9.17, 15) is 18.0 Å². The molecule has 4 heterocycles. The molecule has 1 saturated heterocycles. The normalized spacial score (nSPS) is 14.2. The van der Waals surface area contributed by atoms with Crippen LogP contribution < -0.4 is 14.8 Å². The van der Waals surface area contributed by atoms with Gasteiger partial charge in [0.05, 0.1) is 17.2 Å². The molecule has 40 heavy (non-hydrogen) atoms. The average Bonchev–Trinajstić information content (AvgIpc) is 3.66. The van der Waals surface area contributed by atoms with Crippen LogP contribution in [0, 0.1) is 0 Å². The van der Waals surface area contributed by atoms with Crippen LogP contribution in [-0.2, 0) is 0 Å². The summed E-state index contributed by atoms with van der Waals surface area (Å²) in [6, 6.07) is 14.3. The van der Waals surface area contributed by atoms with Gasteiger partial charge in [0.25, 0.3) is 5.91 Å². The Morgan fingerprint density at radius 3 is 2.67 bits per heavy atom. The Morgan fingerprint density at radius 1 is 1.02 bits per heavy atom. The zero-order valence-corrected chi connectivity index (χ0v) is 21.1. The van der Waals surface area contributed by atoms with Crippen LogP contribution in [0.5, 0.6) is 11.6 Å². The topological polar surface area (TPSA) is 110 Å². The van der Waals surface area contributed by atoms with Crippen LogP contribution in [0.4, 0.5) is 19.1 Å². The van der Waals surface area contributed by atoms with Crippen molar-refractivity contribution in [2.75, 3.05) is 31.6 Å². The van der Waals surface area contributed by atoms with Gasteiger partial charge in [0.1, 0.15) is 18.1 Å². The van der Waals surface area contributed by atoms with E-state index >= 15 is 0 Å². The average molecular weight is 552 g/mol. The Labute approximate surface area is 225 Å². The molecule has 6 rings (SSSR count). The summed E-state index contributed by atoms with van der Waals surface area (Å²) in [4.78, 5) is 27.0. The van der Waals surface area contributed by atoms with E-state index < -0.39 is 12.3 Å². The lowest BCUT2D eigenvalue weighted by Gasteiger charge is -2.14. The number of alkyl halides is 3. The van der Waals surface area contributed by atoms with Crippen molar-refractivity contribution in [3.63, 3.8) is 0 Å². The highest BCUT2D eigenvalue weighted by Gasteiger charge is 2.31. The molecule has 1 aliphatic heterocycles. The first-order valence-electron chi connectivity index (χ1n) is 12.7. The maximum absolute atomic E-state index is 12.9. The van der Waals surface area contributed by atoms with Gasteiger partial charge < -0.3 is 14.5 Å². The van der Waals surface area contributed by atoms with Crippen LogP contribution in [0.3, 0.4) is 0 Å². The minimum atomic E-state index is -4.78. The molecule has 1 amide bonds. The highest BCUT2D eigenvalue weighted by Crippen LogP contribution is 2.30. The summed E-state index contributed by atoms with van der Waals surface area (Å²) in [6.07, 6.45) is -0.830. The standard InChI is InChI=1S/C27H24F3N7O3/c28-27(29,30)40-19-5-3-4-17(14-19)18-6-7-20-21(15-18)33-26(32-20)34-25(38)22-16-37-23(31-22)8-9-24(35-37)39-13-12-36-10-1-2-11-36/h3-9,14-16H,1-2,10-13H2,(H2,32,33,34,38). The summed E-state index contributed by atoms with van der Waals surface area (Å²) >= 11 is 0. The molecule has 0 aliphatic carbocycles. The Hall–Kier alpha value is -4.65. The largest absolute Gasteiger partial charge is 0.573 e. The predicted molar refractivity (Wildman–Crippen MR) is 140 cm³/mol. The van der Waals surface area contributed by atoms with Crippen molar-refractivity contribution in [1.29, 1.82) is 0 Å². The fraction of sp³-hybridized carbons (Fsp3) is 0.259. The van der Waals surface area contributed by atoms with Crippen molar-refractivity contribution in [1.82, 2.24) is 29.5 Å². The third kappa shape index (κ3) is 5.83. The molecule has 206 valence electrons. The molecule has 2 N–H and O–H groups in total. The van der Waals surface area contributed by atoms with E-state index in [4.69, 9.17) is 4.74 Å². The molecule has 0 saturated carbocycles. The molecule has 0 radical (unpaired) electrons. The van der Waals surface area contributed by atoms with Gasteiger partial charge in [0, 0.05) is 12.6 Å². The van der Waals surface area contributed by atoms with Gasteiger partial charge in [-0.3, -0.25) is 15.0 Å². The predicted octanol–water partition coefficient (Wildman–Crippen LogP) is 4.90. The fourth-order valence-corrected chi connectivity index (χ4v) is 4.63. The zero-order chi connectivity index (χ0) is 27.7. The summed E-state index contributed by atoms with van der Waals surface area (Å²) in [7, 11) is 0. The number of hydrogen-bond acceptors (Lipinski definition) is 7. The van der Waals surface area contributed by atoms with E-state index in [1.165, 1.54) is 41.8 Å². The van der Waals surface area contributed by atoms with Gasteiger partial charge in [-0.05, 0) is 67.4 Å². The van der Waals surface area contributed by atoms with Gasteiger partial charge in [0.15, 0.2) is 5.65 Å². The molecule has 3 aromatic heterocycles. The summed E-state index contributed by atoms with van der Waals surface area (Å²) in [5.41, 5.74) is 2.95. The lowest BCUT2D eigenvalue weighted by Crippen LogP contribution is -2.25. The Morgan fingerprint density at radius 2 is 1.85 bits per heavy atom. The second kappa shape index (κ2) is 10.5. The number of rotatable bonds is 8. The molecule has 0 unspecified atom stereocenters. The Kier molecular flexibility index (Phi) is 6.72. The summed E-state index contributed by atoms with van der Waals surface area (Å²) in [6.45, 7) is 3.56. The molecule has 1 aliphatic rings. The summed E-state index contributed by atoms with van der Waals surface area (Å²) < 4.78 is 49.1. The van der Waals surface area contributed by atoms with Crippen molar-refractivity contribution in [2.24, 2.45) is 0 Å². The molecule has 2 aromatic carbocycles. The third-order valence-corrected chi connectivity index (χ3v) is 6.50. The van der Waals surface area contributed by atoms with Crippen LogP contribution in [0.15, 0.2) is 60.8 Å². The first kappa shape index (κ1) is 25.6. The first-order chi connectivity index (χ1) is 19.3. The highest BCUT2D eigenvalue weighted by molar-refractivity contribution is 6.03. The quantitative estimate of drug-likeness (QED) is 0.282. The first-order valence-corrected chi connectivity index (χ1v) is 12.7. The number of carbonyl (C=O) groups excluding carboxylic acids is 1. The molecule has 0 atom stereocenters. The Bertz CT molecular complexity index is 1680. The van der Waals surface area contributed by atoms with Gasteiger partial charge in [-0.25, -0.2) is 14.5 Å². The van der Waals surface area contributed by atoms with Crippen molar-refractivity contribution < 1.29 is 27.4 Å². The number of hydrogen-bond donors (Lipinski definition) is 2. The molecule has 5 aromatic rings. The number of imidazole rings is 2. The van der Waals surface area contributed by atoms with E-state index in [1.807, 2.05) is 0 Å². The van der Waals surface area contributed by atoms with Crippen LogP contribution >= 0.6 is 0 Å². The van der Waals surface area contributed by atoms with E-state index in [-0.39, 0.29) is 17.4 Å². The summed E-state index contributed by atoms with van der Waals surface area (Å²) in [5.74, 6) is -0.162. The number of nitrogens with zero attached hydrogens (tertiary/aromatic N) is 5. The number of likely N-dealkylation sites (tertiary alicyclic amines) is 1. The minimum absolute atomic E-state index is 0.143. The number of fused-ring (bicyclic) bond motifs is 2. The number of ether oxygens (including phenoxy) is 2. The molecule has 10 nitrogen and oxygen atoms in total. The molecule has 13 heteroatoms. The van der Waals surface area contributed by atoms with Crippen LogP contribution in [0.1, 0.15) is 23.3 Å². The van der Waals surface area contributed by atoms with Crippen molar-refractivity contribution in [3.8, 4) is 22.8 Å². The van der Waals surface area contributed by atoms with E-state index in [2.05, 4.69) is 35.0 Å². The van der Waals surface area contributed by atoms with E-state index in [1.54, 1.807) is 36.4 Å². The lowest BCUT2D eigenvalue weighted by atomic mass is 10.0. The second-order valence-corrected chi connectivity index (χ2v) is 9.34. The Balaban J connectivity index is 1.13. The number of halogens is 3. The van der Waals surface area contributed by atoms with Gasteiger partial charge in [0.2, 0.25) is 11.8 Å². The molecular weight excluding hydrogens is 527 g/mol. The number of nitrogens with one attached hydrogen (secondary N) is 2. The molecule has 1 fully saturated rings. The SMILES string of the molecule is O=C(Nc1nc2ccc(-c3cccc(OC(F)(F)F)c3)cc2[nH]1)c1cn2nc(OCCN3CCCC3)ccc2n1. The molecule has 0 spiro atoms. The van der Waals surface area contributed by atoms with Gasteiger partial charge in [-0.15, -0.1) is 18.3 Å². The van der Waals surface area contributed by atoms with Crippen LogP contribution in [0.2, 0.25) is 0 Å². The van der Waals surface area contributed by atoms with Crippen LogP contribution in [-0.4, -0.2) is 68.0 Å².